The lowest BCUT2D eigenvalue weighted by Gasteiger charge is -2.13. The molecule has 0 unspecified atom stereocenters. The number of hydrogen-bond acceptors (Lipinski definition) is 3. The molecule has 1 heterocycles. The van der Waals surface area contributed by atoms with E-state index in [-0.39, 0.29) is 6.61 Å². The fraction of sp³-hybridized carbons (Fsp3) is 0.727. The molecule has 0 aliphatic carbocycles. The van der Waals surface area contributed by atoms with Gasteiger partial charge in [-0.1, -0.05) is 0 Å². The summed E-state index contributed by atoms with van der Waals surface area (Å²) in [5.74, 6) is 0. The molecule has 4 nitrogen and oxygen atoms in total. The number of hydrogen-bond donors (Lipinski definition) is 2. The molecule has 0 aliphatic rings. The molecule has 0 aliphatic heterocycles. The Hall–Kier alpha value is -0.870. The lowest BCUT2D eigenvalue weighted by Crippen LogP contribution is -2.26. The molecule has 0 saturated carbocycles. The quantitative estimate of drug-likeness (QED) is 0.711. The Labute approximate surface area is 91.3 Å². The van der Waals surface area contributed by atoms with E-state index in [2.05, 4.69) is 24.3 Å². The molecule has 0 saturated heterocycles. The molecular formula is C11H21N3O. The molecule has 0 spiro atoms. The fourth-order valence-corrected chi connectivity index (χ4v) is 1.57. The van der Waals surface area contributed by atoms with Gasteiger partial charge in [-0.25, -0.2) is 0 Å². The lowest BCUT2D eigenvalue weighted by molar-refractivity contribution is 0.276. The van der Waals surface area contributed by atoms with Crippen LogP contribution in [0, 0.1) is 0 Å². The highest BCUT2D eigenvalue weighted by molar-refractivity contribution is 5.00. The molecule has 4 heteroatoms. The maximum atomic E-state index is 8.71. The molecule has 0 aromatic carbocycles. The SMILES string of the molecule is CCn1nccc1CN[C@@H](C)CCCO. The van der Waals surface area contributed by atoms with E-state index in [9.17, 15) is 0 Å². The minimum Gasteiger partial charge on any atom is -0.396 e. The average molecular weight is 211 g/mol. The van der Waals surface area contributed by atoms with Crippen LogP contribution in [0.1, 0.15) is 32.4 Å². The van der Waals surface area contributed by atoms with Crippen molar-refractivity contribution in [1.82, 2.24) is 15.1 Å². The van der Waals surface area contributed by atoms with Crippen molar-refractivity contribution in [3.8, 4) is 0 Å². The third-order valence-electron chi connectivity index (χ3n) is 2.53. The van der Waals surface area contributed by atoms with Crippen LogP contribution in [0.3, 0.4) is 0 Å². The van der Waals surface area contributed by atoms with E-state index in [1.54, 1.807) is 0 Å². The van der Waals surface area contributed by atoms with Crippen molar-refractivity contribution in [1.29, 1.82) is 0 Å². The molecule has 15 heavy (non-hydrogen) atoms. The highest BCUT2D eigenvalue weighted by atomic mass is 16.2. The number of aryl methyl sites for hydroxylation is 1. The van der Waals surface area contributed by atoms with E-state index in [1.807, 2.05) is 16.9 Å². The van der Waals surface area contributed by atoms with Gasteiger partial charge in [0.1, 0.15) is 0 Å². The van der Waals surface area contributed by atoms with Crippen molar-refractivity contribution in [3.05, 3.63) is 18.0 Å². The molecule has 1 atom stereocenters. The van der Waals surface area contributed by atoms with Crippen LogP contribution in [0.15, 0.2) is 12.3 Å². The minimum absolute atomic E-state index is 0.277. The first-order chi connectivity index (χ1) is 7.27. The third-order valence-corrected chi connectivity index (χ3v) is 2.53. The zero-order valence-corrected chi connectivity index (χ0v) is 9.61. The van der Waals surface area contributed by atoms with Crippen LogP contribution in [0.4, 0.5) is 0 Å². The van der Waals surface area contributed by atoms with Gasteiger partial charge in [-0.15, -0.1) is 0 Å². The van der Waals surface area contributed by atoms with Crippen molar-refractivity contribution in [2.24, 2.45) is 0 Å². The van der Waals surface area contributed by atoms with Crippen LogP contribution in [0.5, 0.6) is 0 Å². The number of rotatable bonds is 7. The summed E-state index contributed by atoms with van der Waals surface area (Å²) in [5.41, 5.74) is 1.22. The molecule has 0 amide bonds. The number of aromatic nitrogens is 2. The number of nitrogens with one attached hydrogen (secondary N) is 1. The van der Waals surface area contributed by atoms with Gasteiger partial charge in [0.25, 0.3) is 0 Å². The summed E-state index contributed by atoms with van der Waals surface area (Å²) in [6.07, 6.45) is 3.71. The van der Waals surface area contributed by atoms with E-state index >= 15 is 0 Å². The largest absolute Gasteiger partial charge is 0.396 e. The van der Waals surface area contributed by atoms with E-state index in [0.717, 1.165) is 25.9 Å². The second kappa shape index (κ2) is 6.58. The number of aliphatic hydroxyl groups is 1. The lowest BCUT2D eigenvalue weighted by atomic mass is 10.2. The molecule has 1 aromatic rings. The van der Waals surface area contributed by atoms with E-state index in [1.165, 1.54) is 5.69 Å². The Morgan fingerprint density at radius 2 is 2.40 bits per heavy atom. The van der Waals surface area contributed by atoms with Gasteiger partial charge in [-0.05, 0) is 32.8 Å². The molecule has 1 aromatic heterocycles. The summed E-state index contributed by atoms with van der Waals surface area (Å²) >= 11 is 0. The Morgan fingerprint density at radius 3 is 3.07 bits per heavy atom. The first kappa shape index (κ1) is 12.2. The third kappa shape index (κ3) is 4.01. The highest BCUT2D eigenvalue weighted by Crippen LogP contribution is 2.01. The van der Waals surface area contributed by atoms with Crippen LogP contribution < -0.4 is 5.32 Å². The van der Waals surface area contributed by atoms with Gasteiger partial charge in [0.2, 0.25) is 0 Å². The Kier molecular flexibility index (Phi) is 5.36. The average Bonchev–Trinajstić information content (AvgIpc) is 2.70. The molecule has 2 N–H and O–H groups in total. The second-order valence-corrected chi connectivity index (χ2v) is 3.79. The van der Waals surface area contributed by atoms with E-state index in [4.69, 9.17) is 5.11 Å². The van der Waals surface area contributed by atoms with Gasteiger partial charge in [0.05, 0.1) is 5.69 Å². The zero-order valence-electron chi connectivity index (χ0n) is 9.61. The Balaban J connectivity index is 2.30. The van der Waals surface area contributed by atoms with Crippen LogP contribution in [-0.4, -0.2) is 27.5 Å². The Morgan fingerprint density at radius 1 is 1.60 bits per heavy atom. The van der Waals surface area contributed by atoms with Crippen LogP contribution in [-0.2, 0) is 13.1 Å². The van der Waals surface area contributed by atoms with Gasteiger partial charge >= 0.3 is 0 Å². The summed E-state index contributed by atoms with van der Waals surface area (Å²) in [6.45, 7) is 6.27. The summed E-state index contributed by atoms with van der Waals surface area (Å²) < 4.78 is 1.99. The summed E-state index contributed by atoms with van der Waals surface area (Å²) in [4.78, 5) is 0. The van der Waals surface area contributed by atoms with Crippen molar-refractivity contribution in [2.45, 2.75) is 45.8 Å². The van der Waals surface area contributed by atoms with E-state index in [0.29, 0.717) is 6.04 Å². The molecule has 0 bridgehead atoms. The standard InChI is InChI=1S/C11H21N3O/c1-3-14-11(6-7-13-14)9-12-10(2)5-4-8-15/h6-7,10,12,15H,3-5,8-9H2,1-2H3/t10-/m0/s1. The van der Waals surface area contributed by atoms with Crippen molar-refractivity contribution >= 4 is 0 Å². The van der Waals surface area contributed by atoms with Crippen molar-refractivity contribution in [3.63, 3.8) is 0 Å². The maximum absolute atomic E-state index is 8.71. The zero-order chi connectivity index (χ0) is 11.1. The summed E-state index contributed by atoms with van der Waals surface area (Å²) in [6, 6.07) is 2.48. The first-order valence-electron chi connectivity index (χ1n) is 5.62. The Bertz CT molecular complexity index is 273. The molecule has 0 fully saturated rings. The van der Waals surface area contributed by atoms with Gasteiger partial charge in [0, 0.05) is 31.9 Å². The summed E-state index contributed by atoms with van der Waals surface area (Å²) in [5, 5.41) is 16.3. The smallest absolute Gasteiger partial charge is 0.0522 e. The highest BCUT2D eigenvalue weighted by Gasteiger charge is 2.03. The molecule has 1 rings (SSSR count). The topological polar surface area (TPSA) is 50.1 Å². The number of aliphatic hydroxyl groups excluding tert-OH is 1. The van der Waals surface area contributed by atoms with Gasteiger partial charge in [-0.2, -0.15) is 5.10 Å². The van der Waals surface area contributed by atoms with Crippen LogP contribution >= 0.6 is 0 Å². The normalized spacial score (nSPS) is 13.0. The fourth-order valence-electron chi connectivity index (χ4n) is 1.57. The van der Waals surface area contributed by atoms with Crippen LogP contribution in [0.25, 0.3) is 0 Å². The monoisotopic (exact) mass is 211 g/mol. The molecule has 0 radical (unpaired) electrons. The summed E-state index contributed by atoms with van der Waals surface area (Å²) in [7, 11) is 0. The predicted octanol–water partition coefficient (Wildman–Crippen LogP) is 1.15. The molecule has 86 valence electrons. The van der Waals surface area contributed by atoms with E-state index < -0.39 is 0 Å². The van der Waals surface area contributed by atoms with Crippen LogP contribution in [0.2, 0.25) is 0 Å². The van der Waals surface area contributed by atoms with Crippen molar-refractivity contribution in [2.75, 3.05) is 6.61 Å². The predicted molar refractivity (Wildman–Crippen MR) is 60.5 cm³/mol. The second-order valence-electron chi connectivity index (χ2n) is 3.79. The minimum atomic E-state index is 0.277. The molecular weight excluding hydrogens is 190 g/mol. The first-order valence-corrected chi connectivity index (χ1v) is 5.62. The maximum Gasteiger partial charge on any atom is 0.0522 e. The van der Waals surface area contributed by atoms with Gasteiger partial charge in [0.15, 0.2) is 0 Å². The van der Waals surface area contributed by atoms with Gasteiger partial charge < -0.3 is 10.4 Å². The van der Waals surface area contributed by atoms with Crippen molar-refractivity contribution < 1.29 is 5.11 Å². The van der Waals surface area contributed by atoms with Gasteiger partial charge in [-0.3, -0.25) is 4.68 Å². The number of nitrogens with zero attached hydrogens (tertiary/aromatic N) is 2.